The van der Waals surface area contributed by atoms with Crippen LogP contribution in [-0.2, 0) is 6.54 Å². The fourth-order valence-electron chi connectivity index (χ4n) is 2.38. The van der Waals surface area contributed by atoms with Gasteiger partial charge in [-0.15, -0.1) is 0 Å². The maximum absolute atomic E-state index is 12.6. The van der Waals surface area contributed by atoms with Crippen molar-refractivity contribution < 1.29 is 4.79 Å². The molecule has 1 unspecified atom stereocenters. The molecule has 0 aliphatic carbocycles. The van der Waals surface area contributed by atoms with Gasteiger partial charge in [-0.1, -0.05) is 13.8 Å². The zero-order valence-electron chi connectivity index (χ0n) is 12.2. The molecule has 5 heteroatoms. The first-order valence-corrected chi connectivity index (χ1v) is 8.03. The van der Waals surface area contributed by atoms with E-state index in [2.05, 4.69) is 18.9 Å². The molecule has 0 radical (unpaired) electrons. The van der Waals surface area contributed by atoms with Crippen LogP contribution in [0.25, 0.3) is 0 Å². The van der Waals surface area contributed by atoms with Crippen molar-refractivity contribution in [3.05, 3.63) is 17.5 Å². The van der Waals surface area contributed by atoms with E-state index >= 15 is 0 Å². The molecule has 0 N–H and O–H groups in total. The zero-order chi connectivity index (χ0) is 14.0. The van der Waals surface area contributed by atoms with E-state index in [1.165, 1.54) is 0 Å². The molecule has 106 valence electrons. The minimum atomic E-state index is 0.133. The molecule has 1 aliphatic rings. The predicted molar refractivity (Wildman–Crippen MR) is 79.6 cm³/mol. The van der Waals surface area contributed by atoms with Gasteiger partial charge in [0, 0.05) is 30.6 Å². The Kier molecular flexibility index (Phi) is 4.55. The molecule has 2 heterocycles. The third kappa shape index (κ3) is 3.14. The zero-order valence-corrected chi connectivity index (χ0v) is 13.0. The third-order valence-electron chi connectivity index (χ3n) is 3.55. The van der Waals surface area contributed by atoms with E-state index in [0.29, 0.717) is 11.2 Å². The van der Waals surface area contributed by atoms with E-state index in [0.717, 1.165) is 36.8 Å². The van der Waals surface area contributed by atoms with E-state index in [-0.39, 0.29) is 5.91 Å². The van der Waals surface area contributed by atoms with Crippen molar-refractivity contribution in [1.29, 1.82) is 0 Å². The largest absolute Gasteiger partial charge is 0.335 e. The van der Waals surface area contributed by atoms with Crippen LogP contribution in [0.1, 0.15) is 37.0 Å². The van der Waals surface area contributed by atoms with Crippen LogP contribution in [0.2, 0.25) is 0 Å². The maximum atomic E-state index is 12.6. The summed E-state index contributed by atoms with van der Waals surface area (Å²) in [5.74, 6) is 1.78. The number of thioether (sulfide) groups is 1. The SMILES string of the molecule is CCn1nc(C)cc1C(=O)N1CCSC(C(C)C)C1. The van der Waals surface area contributed by atoms with Gasteiger partial charge in [0.2, 0.25) is 0 Å². The number of carbonyl (C=O) groups is 1. The normalized spacial score (nSPS) is 20.1. The van der Waals surface area contributed by atoms with Crippen molar-refractivity contribution in [2.24, 2.45) is 5.92 Å². The van der Waals surface area contributed by atoms with Crippen LogP contribution in [-0.4, -0.2) is 44.7 Å². The van der Waals surface area contributed by atoms with E-state index in [1.807, 2.05) is 41.3 Å². The van der Waals surface area contributed by atoms with Crippen molar-refractivity contribution in [1.82, 2.24) is 14.7 Å². The molecular weight excluding hydrogens is 258 g/mol. The fraction of sp³-hybridized carbons (Fsp3) is 0.714. The van der Waals surface area contributed by atoms with Gasteiger partial charge in [-0.3, -0.25) is 9.48 Å². The molecule has 19 heavy (non-hydrogen) atoms. The Bertz CT molecular complexity index is 456. The summed E-state index contributed by atoms with van der Waals surface area (Å²) in [7, 11) is 0. The second kappa shape index (κ2) is 5.99. The number of hydrogen-bond acceptors (Lipinski definition) is 3. The molecule has 0 bridgehead atoms. The molecule has 0 aromatic carbocycles. The van der Waals surface area contributed by atoms with Crippen LogP contribution in [0.15, 0.2) is 6.07 Å². The van der Waals surface area contributed by atoms with Crippen LogP contribution in [0.5, 0.6) is 0 Å². The topological polar surface area (TPSA) is 38.1 Å². The highest BCUT2D eigenvalue weighted by Crippen LogP contribution is 2.25. The molecule has 1 aromatic rings. The first-order valence-electron chi connectivity index (χ1n) is 6.98. The van der Waals surface area contributed by atoms with Crippen LogP contribution >= 0.6 is 11.8 Å². The van der Waals surface area contributed by atoms with Crippen molar-refractivity contribution in [3.63, 3.8) is 0 Å². The Morgan fingerprint density at radius 3 is 2.95 bits per heavy atom. The lowest BCUT2D eigenvalue weighted by atomic mass is 10.1. The Balaban J connectivity index is 2.14. The predicted octanol–water partition coefficient (Wildman–Crippen LogP) is 2.43. The van der Waals surface area contributed by atoms with Gasteiger partial charge in [-0.25, -0.2) is 0 Å². The number of rotatable bonds is 3. The van der Waals surface area contributed by atoms with Gasteiger partial charge in [-0.2, -0.15) is 16.9 Å². The number of aryl methyl sites for hydroxylation is 2. The Morgan fingerprint density at radius 1 is 1.58 bits per heavy atom. The Morgan fingerprint density at radius 2 is 2.32 bits per heavy atom. The first kappa shape index (κ1) is 14.4. The van der Waals surface area contributed by atoms with Crippen LogP contribution in [0, 0.1) is 12.8 Å². The van der Waals surface area contributed by atoms with Crippen molar-refractivity contribution in [2.75, 3.05) is 18.8 Å². The molecule has 1 aliphatic heterocycles. The molecule has 1 atom stereocenters. The quantitative estimate of drug-likeness (QED) is 0.854. The van der Waals surface area contributed by atoms with Gasteiger partial charge in [-0.05, 0) is 25.8 Å². The minimum absolute atomic E-state index is 0.133. The summed E-state index contributed by atoms with van der Waals surface area (Å²) in [6, 6.07) is 1.90. The van der Waals surface area contributed by atoms with Gasteiger partial charge in [0.1, 0.15) is 5.69 Å². The fourth-order valence-corrected chi connectivity index (χ4v) is 3.68. The van der Waals surface area contributed by atoms with Crippen molar-refractivity contribution in [3.8, 4) is 0 Å². The summed E-state index contributed by atoms with van der Waals surface area (Å²) >= 11 is 1.99. The van der Waals surface area contributed by atoms with Gasteiger partial charge >= 0.3 is 0 Å². The van der Waals surface area contributed by atoms with E-state index < -0.39 is 0 Å². The molecule has 4 nitrogen and oxygen atoms in total. The minimum Gasteiger partial charge on any atom is -0.335 e. The Hall–Kier alpha value is -0.970. The van der Waals surface area contributed by atoms with Crippen LogP contribution < -0.4 is 0 Å². The molecule has 0 saturated carbocycles. The second-order valence-corrected chi connectivity index (χ2v) is 6.74. The van der Waals surface area contributed by atoms with E-state index in [1.54, 1.807) is 0 Å². The monoisotopic (exact) mass is 281 g/mol. The molecule has 2 rings (SSSR count). The summed E-state index contributed by atoms with van der Waals surface area (Å²) in [5, 5.41) is 4.92. The third-order valence-corrected chi connectivity index (χ3v) is 5.08. The average Bonchev–Trinajstić information content (AvgIpc) is 2.79. The number of hydrogen-bond donors (Lipinski definition) is 0. The number of carbonyl (C=O) groups excluding carboxylic acids is 1. The molecular formula is C14H23N3OS. The highest BCUT2D eigenvalue weighted by Gasteiger charge is 2.28. The van der Waals surface area contributed by atoms with Gasteiger partial charge in [0.25, 0.3) is 5.91 Å². The summed E-state index contributed by atoms with van der Waals surface area (Å²) < 4.78 is 1.81. The smallest absolute Gasteiger partial charge is 0.272 e. The van der Waals surface area contributed by atoms with E-state index in [4.69, 9.17) is 0 Å². The second-order valence-electron chi connectivity index (χ2n) is 5.39. The summed E-state index contributed by atoms with van der Waals surface area (Å²) in [6.07, 6.45) is 0. The van der Waals surface area contributed by atoms with Gasteiger partial charge in [0.15, 0.2) is 0 Å². The van der Waals surface area contributed by atoms with E-state index in [9.17, 15) is 4.79 Å². The lowest BCUT2D eigenvalue weighted by Crippen LogP contribution is -2.44. The van der Waals surface area contributed by atoms with Crippen LogP contribution in [0.4, 0.5) is 0 Å². The summed E-state index contributed by atoms with van der Waals surface area (Å²) in [5.41, 5.74) is 1.64. The van der Waals surface area contributed by atoms with Gasteiger partial charge in [0.05, 0.1) is 5.69 Å². The number of nitrogens with zero attached hydrogens (tertiary/aromatic N) is 3. The lowest BCUT2D eigenvalue weighted by molar-refractivity contribution is 0.0743. The highest BCUT2D eigenvalue weighted by atomic mass is 32.2. The maximum Gasteiger partial charge on any atom is 0.272 e. The lowest BCUT2D eigenvalue weighted by Gasteiger charge is -2.34. The van der Waals surface area contributed by atoms with Crippen LogP contribution in [0.3, 0.4) is 0 Å². The summed E-state index contributed by atoms with van der Waals surface area (Å²) in [4.78, 5) is 14.6. The standard InChI is InChI=1S/C14H23N3OS/c1-5-17-12(8-11(4)15-17)14(18)16-6-7-19-13(9-16)10(2)3/h8,10,13H,5-7,9H2,1-4H3. The first-order chi connectivity index (χ1) is 9.02. The molecule has 1 saturated heterocycles. The number of amides is 1. The Labute approximate surface area is 119 Å². The van der Waals surface area contributed by atoms with Crippen molar-refractivity contribution in [2.45, 2.75) is 39.5 Å². The highest BCUT2D eigenvalue weighted by molar-refractivity contribution is 8.00. The number of aromatic nitrogens is 2. The average molecular weight is 281 g/mol. The van der Waals surface area contributed by atoms with Crippen molar-refractivity contribution >= 4 is 17.7 Å². The molecule has 1 fully saturated rings. The van der Waals surface area contributed by atoms with Gasteiger partial charge < -0.3 is 4.90 Å². The molecule has 1 aromatic heterocycles. The summed E-state index contributed by atoms with van der Waals surface area (Å²) in [6.45, 7) is 10.9. The molecule has 0 spiro atoms. The molecule has 1 amide bonds.